The van der Waals surface area contributed by atoms with Gasteiger partial charge in [-0.05, 0) is 86.3 Å². The fourth-order valence-electron chi connectivity index (χ4n) is 5.29. The summed E-state index contributed by atoms with van der Waals surface area (Å²) in [6.45, 7) is 0. The minimum absolute atomic E-state index is 0.0806. The molecule has 0 radical (unpaired) electrons. The van der Waals surface area contributed by atoms with Gasteiger partial charge >= 0.3 is 35.9 Å². The van der Waals surface area contributed by atoms with Crippen LogP contribution in [0.25, 0.3) is 0 Å². The monoisotopic (exact) mass is 923 g/mol. The maximum absolute atomic E-state index is 13.7. The summed E-state index contributed by atoms with van der Waals surface area (Å²) in [7, 11) is -6.25. The molecule has 2 saturated carbocycles. The van der Waals surface area contributed by atoms with E-state index in [1.165, 1.54) is 6.07 Å². The van der Waals surface area contributed by atoms with E-state index in [1.807, 2.05) is 67.8 Å². The molecule has 0 aromatic heterocycles. The number of alkyl halides is 6. The lowest BCUT2D eigenvalue weighted by Gasteiger charge is -2.39. The number of halogens is 9. The summed E-state index contributed by atoms with van der Waals surface area (Å²) in [5.41, 5.74) is -5.61. The first-order valence-electron chi connectivity index (χ1n) is 10.5. The standard InChI is InChI=1S/C20H13F6I3O9S/c21-19(22,23)18(20(24,25)26,4-39(33,34)35)38-17(32)12-7-1-6-11(12)16(31)37-14(6)13(7)36-15(30)5-2-9(28)10(29)3-8(5)27/h2-3,6-7,11-14H,1,4H2,(H,33,34,35)/p-1. The Kier molecular flexibility index (Phi) is 8.20. The van der Waals surface area contributed by atoms with Crippen LogP contribution in [-0.2, 0) is 33.9 Å². The number of hydrogen-bond acceptors (Lipinski definition) is 9. The van der Waals surface area contributed by atoms with E-state index in [0.29, 0.717) is 7.14 Å². The molecule has 2 aliphatic carbocycles. The molecule has 1 aromatic carbocycles. The zero-order chi connectivity index (χ0) is 29.5. The average molecular weight is 923 g/mol. The van der Waals surface area contributed by atoms with Crippen molar-refractivity contribution in [2.75, 3.05) is 5.75 Å². The zero-order valence-electron chi connectivity index (χ0n) is 18.5. The fourth-order valence-corrected chi connectivity index (χ4v) is 8.39. The molecule has 1 aromatic rings. The first-order valence-corrected chi connectivity index (χ1v) is 15.4. The molecule has 19 heteroatoms. The topological polar surface area (TPSA) is 136 Å². The van der Waals surface area contributed by atoms with Crippen LogP contribution in [0.3, 0.4) is 0 Å². The molecule has 1 saturated heterocycles. The molecule has 1 aliphatic heterocycles. The van der Waals surface area contributed by atoms with Crippen LogP contribution >= 0.6 is 67.8 Å². The molecule has 39 heavy (non-hydrogen) atoms. The van der Waals surface area contributed by atoms with E-state index < -0.39 is 87.6 Å². The van der Waals surface area contributed by atoms with Gasteiger partial charge in [-0.25, -0.2) is 13.2 Å². The molecule has 216 valence electrons. The normalized spacial score (nSPS) is 28.4. The van der Waals surface area contributed by atoms with Crippen molar-refractivity contribution in [1.29, 1.82) is 0 Å². The number of carbonyl (C=O) groups is 3. The highest BCUT2D eigenvalue weighted by atomic mass is 127. The predicted molar refractivity (Wildman–Crippen MR) is 138 cm³/mol. The molecular weight excluding hydrogens is 911 g/mol. The number of fused-ring (bicyclic) bond motifs is 1. The summed E-state index contributed by atoms with van der Waals surface area (Å²) in [6, 6.07) is 3.14. The van der Waals surface area contributed by atoms with Crippen LogP contribution in [0, 0.1) is 34.4 Å². The molecule has 3 fully saturated rings. The Bertz CT molecular complexity index is 1340. The lowest BCUT2D eigenvalue weighted by Crippen LogP contribution is -2.64. The van der Waals surface area contributed by atoms with E-state index in [9.17, 15) is 53.7 Å². The van der Waals surface area contributed by atoms with Crippen LogP contribution in [0.2, 0.25) is 0 Å². The summed E-state index contributed by atoms with van der Waals surface area (Å²) in [6.07, 6.45) is -15.8. The van der Waals surface area contributed by atoms with Gasteiger partial charge in [-0.1, -0.05) is 0 Å². The van der Waals surface area contributed by atoms with Crippen LogP contribution in [0.4, 0.5) is 26.3 Å². The number of esters is 3. The Morgan fingerprint density at radius 2 is 1.56 bits per heavy atom. The summed E-state index contributed by atoms with van der Waals surface area (Å²) in [4.78, 5) is 38.4. The first kappa shape index (κ1) is 31.3. The number of hydrogen-bond donors (Lipinski definition) is 0. The molecule has 9 nitrogen and oxygen atoms in total. The van der Waals surface area contributed by atoms with Gasteiger partial charge in [0.1, 0.15) is 12.2 Å². The van der Waals surface area contributed by atoms with E-state index in [0.717, 1.165) is 3.57 Å². The van der Waals surface area contributed by atoms with Crippen LogP contribution in [0.15, 0.2) is 12.1 Å². The van der Waals surface area contributed by atoms with Crippen molar-refractivity contribution < 1.29 is 67.9 Å². The van der Waals surface area contributed by atoms with Crippen molar-refractivity contribution in [2.24, 2.45) is 23.7 Å². The van der Waals surface area contributed by atoms with E-state index in [-0.39, 0.29) is 12.0 Å². The van der Waals surface area contributed by atoms with Gasteiger partial charge < -0.3 is 18.8 Å². The molecule has 6 unspecified atom stereocenters. The molecule has 4 rings (SSSR count). The van der Waals surface area contributed by atoms with E-state index >= 15 is 0 Å². The van der Waals surface area contributed by atoms with Crippen molar-refractivity contribution in [2.45, 2.75) is 36.6 Å². The summed E-state index contributed by atoms with van der Waals surface area (Å²) >= 11 is 5.83. The van der Waals surface area contributed by atoms with Crippen molar-refractivity contribution in [3.8, 4) is 0 Å². The molecule has 0 N–H and O–H groups in total. The van der Waals surface area contributed by atoms with Gasteiger partial charge in [-0.3, -0.25) is 9.59 Å². The third-order valence-electron chi connectivity index (χ3n) is 6.86. The van der Waals surface area contributed by atoms with Crippen LogP contribution in [-0.4, -0.2) is 66.8 Å². The Labute approximate surface area is 256 Å². The second-order valence-electron chi connectivity index (χ2n) is 9.08. The Morgan fingerprint density at radius 1 is 1.00 bits per heavy atom. The molecule has 6 atom stereocenters. The first-order chi connectivity index (χ1) is 17.7. The predicted octanol–water partition coefficient (Wildman–Crippen LogP) is 3.79. The van der Waals surface area contributed by atoms with Crippen molar-refractivity contribution >= 4 is 95.8 Å². The van der Waals surface area contributed by atoms with Gasteiger partial charge in [-0.15, -0.1) is 0 Å². The molecular formula is C20H12F6I3O9S-. The van der Waals surface area contributed by atoms with Crippen LogP contribution in [0.5, 0.6) is 0 Å². The molecule has 2 bridgehead atoms. The second-order valence-corrected chi connectivity index (χ2v) is 14.0. The van der Waals surface area contributed by atoms with Crippen molar-refractivity contribution in [3.05, 3.63) is 28.4 Å². The third kappa shape index (κ3) is 5.46. The van der Waals surface area contributed by atoms with Gasteiger partial charge in [0.2, 0.25) is 0 Å². The average Bonchev–Trinajstić information content (AvgIpc) is 3.37. The summed E-state index contributed by atoms with van der Waals surface area (Å²) in [5.74, 6) is -13.1. The number of carbonyl (C=O) groups excluding carboxylic acids is 3. The quantitative estimate of drug-likeness (QED) is 0.104. The molecule has 0 amide bonds. The van der Waals surface area contributed by atoms with E-state index in [1.54, 1.807) is 6.07 Å². The van der Waals surface area contributed by atoms with Gasteiger partial charge in [0, 0.05) is 22.5 Å². The minimum atomic E-state index is -6.57. The Morgan fingerprint density at radius 3 is 2.10 bits per heavy atom. The molecule has 1 heterocycles. The number of ether oxygens (including phenoxy) is 3. The maximum atomic E-state index is 13.7. The molecule has 3 aliphatic rings. The van der Waals surface area contributed by atoms with Gasteiger partial charge in [0.15, 0.2) is 0 Å². The third-order valence-corrected chi connectivity index (χ3v) is 11.3. The van der Waals surface area contributed by atoms with Gasteiger partial charge in [0.05, 0.1) is 33.3 Å². The fraction of sp³-hybridized carbons (Fsp3) is 0.550. The highest BCUT2D eigenvalue weighted by Crippen LogP contribution is 2.60. The summed E-state index contributed by atoms with van der Waals surface area (Å²) in [5, 5.41) is 0. The lowest BCUT2D eigenvalue weighted by atomic mass is 9.78. The second kappa shape index (κ2) is 10.2. The highest BCUT2D eigenvalue weighted by Gasteiger charge is 2.77. The molecule has 0 spiro atoms. The Balaban J connectivity index is 1.67. The van der Waals surface area contributed by atoms with E-state index in [4.69, 9.17) is 9.47 Å². The Hall–Kier alpha value is -0.690. The SMILES string of the molecule is O=C(OC1C2CC3C1OC(=O)C3C2C(=O)OC(CS(=O)(=O)[O-])(C(F)(F)F)C(F)(F)F)c1cc(I)c(I)cc1I. The van der Waals surface area contributed by atoms with Crippen molar-refractivity contribution in [1.82, 2.24) is 0 Å². The summed E-state index contributed by atoms with van der Waals surface area (Å²) < 4.78 is 132. The van der Waals surface area contributed by atoms with E-state index in [2.05, 4.69) is 4.74 Å². The number of benzene rings is 1. The van der Waals surface area contributed by atoms with Gasteiger partial charge in [0.25, 0.3) is 0 Å². The number of rotatable bonds is 6. The lowest BCUT2D eigenvalue weighted by molar-refractivity contribution is -0.362. The van der Waals surface area contributed by atoms with Crippen molar-refractivity contribution in [3.63, 3.8) is 0 Å². The largest absolute Gasteiger partial charge is 0.748 e. The zero-order valence-corrected chi connectivity index (χ0v) is 25.8. The minimum Gasteiger partial charge on any atom is -0.748 e. The van der Waals surface area contributed by atoms with Gasteiger partial charge in [-0.2, -0.15) is 26.3 Å². The smallest absolute Gasteiger partial charge is 0.438 e. The maximum Gasteiger partial charge on any atom is 0.438 e. The highest BCUT2D eigenvalue weighted by molar-refractivity contribution is 14.1. The van der Waals surface area contributed by atoms with Crippen LogP contribution < -0.4 is 0 Å². The van der Waals surface area contributed by atoms with Crippen LogP contribution in [0.1, 0.15) is 16.8 Å².